The molecule has 0 spiro atoms. The van der Waals surface area contributed by atoms with Crippen molar-refractivity contribution in [3.8, 4) is 40.2 Å². The number of methoxy groups -OCH3 is 7. The Morgan fingerprint density at radius 2 is 1.23 bits per heavy atom. The molecule has 0 aliphatic rings. The summed E-state index contributed by atoms with van der Waals surface area (Å²) in [5.41, 5.74) is 1.61. The lowest BCUT2D eigenvalue weighted by atomic mass is 9.97. The van der Waals surface area contributed by atoms with Crippen molar-refractivity contribution in [1.82, 2.24) is 10.3 Å². The molecule has 1 N–H and O–H groups in total. The van der Waals surface area contributed by atoms with Gasteiger partial charge in [-0.25, -0.2) is 0 Å². The number of benzene rings is 3. The van der Waals surface area contributed by atoms with E-state index in [1.54, 1.807) is 58.9 Å². The van der Waals surface area contributed by atoms with Crippen LogP contribution in [0.2, 0.25) is 0 Å². The molecular weight excluding hydrogens is 516 g/mol. The molecule has 10 heteroatoms. The van der Waals surface area contributed by atoms with Crippen LogP contribution in [0, 0.1) is 0 Å². The van der Waals surface area contributed by atoms with Crippen molar-refractivity contribution in [3.05, 3.63) is 71.5 Å². The predicted molar refractivity (Wildman–Crippen MR) is 150 cm³/mol. The summed E-state index contributed by atoms with van der Waals surface area (Å²) in [4.78, 5) is 18.5. The summed E-state index contributed by atoms with van der Waals surface area (Å²) in [6.45, 7) is 0. The van der Waals surface area contributed by atoms with Gasteiger partial charge in [0.2, 0.25) is 5.75 Å². The molecule has 1 amide bonds. The van der Waals surface area contributed by atoms with Crippen LogP contribution in [0.5, 0.6) is 40.2 Å². The third-order valence-corrected chi connectivity index (χ3v) is 6.52. The van der Waals surface area contributed by atoms with Crippen molar-refractivity contribution < 1.29 is 38.0 Å². The molecule has 0 aliphatic heterocycles. The molecular formula is C30H32N2O8. The zero-order valence-electron chi connectivity index (χ0n) is 23.5. The maximum Gasteiger partial charge on any atom is 0.252 e. The van der Waals surface area contributed by atoms with Crippen molar-refractivity contribution in [3.63, 3.8) is 0 Å². The van der Waals surface area contributed by atoms with Crippen molar-refractivity contribution in [2.75, 3.05) is 49.8 Å². The quantitative estimate of drug-likeness (QED) is 0.282. The van der Waals surface area contributed by atoms with E-state index in [4.69, 9.17) is 38.1 Å². The number of pyridine rings is 1. The number of rotatable bonds is 11. The van der Waals surface area contributed by atoms with Crippen LogP contribution in [0.3, 0.4) is 0 Å². The Balaban J connectivity index is 1.90. The summed E-state index contributed by atoms with van der Waals surface area (Å²) in [5.74, 6) is 2.88. The first-order chi connectivity index (χ1) is 19.4. The SMILES string of the molecule is COc1ccc(C(NC(=O)c2cc(OC)c(OC)c(OC)c2)c2nccc3cc(OC)c(OC)cc23)cc1OC. The molecule has 0 bridgehead atoms. The van der Waals surface area contributed by atoms with Gasteiger partial charge in [0.15, 0.2) is 34.5 Å². The van der Waals surface area contributed by atoms with Gasteiger partial charge in [-0.15, -0.1) is 0 Å². The topological polar surface area (TPSA) is 107 Å². The van der Waals surface area contributed by atoms with Gasteiger partial charge in [-0.05, 0) is 53.4 Å². The van der Waals surface area contributed by atoms with E-state index in [0.29, 0.717) is 57.1 Å². The first kappa shape index (κ1) is 28.2. The van der Waals surface area contributed by atoms with E-state index in [2.05, 4.69) is 5.32 Å². The van der Waals surface area contributed by atoms with Gasteiger partial charge in [0, 0.05) is 17.1 Å². The second kappa shape index (κ2) is 12.3. The zero-order valence-corrected chi connectivity index (χ0v) is 23.5. The van der Waals surface area contributed by atoms with E-state index in [1.165, 1.54) is 21.3 Å². The number of amides is 1. The van der Waals surface area contributed by atoms with E-state index in [1.807, 2.05) is 24.3 Å². The van der Waals surface area contributed by atoms with Crippen LogP contribution in [-0.2, 0) is 0 Å². The van der Waals surface area contributed by atoms with Crippen LogP contribution < -0.4 is 38.5 Å². The lowest BCUT2D eigenvalue weighted by Crippen LogP contribution is -2.30. The molecule has 1 atom stereocenters. The van der Waals surface area contributed by atoms with Crippen LogP contribution in [0.4, 0.5) is 0 Å². The van der Waals surface area contributed by atoms with Gasteiger partial charge < -0.3 is 38.5 Å². The molecule has 3 aromatic carbocycles. The molecule has 1 unspecified atom stereocenters. The van der Waals surface area contributed by atoms with Crippen LogP contribution in [0.25, 0.3) is 10.8 Å². The molecule has 10 nitrogen and oxygen atoms in total. The average molecular weight is 549 g/mol. The highest BCUT2D eigenvalue weighted by Crippen LogP contribution is 2.40. The number of fused-ring (bicyclic) bond motifs is 1. The minimum atomic E-state index is -0.701. The summed E-state index contributed by atoms with van der Waals surface area (Å²) in [5, 5.41) is 4.76. The molecule has 0 fully saturated rings. The van der Waals surface area contributed by atoms with Gasteiger partial charge in [0.05, 0.1) is 61.5 Å². The fraction of sp³-hybridized carbons (Fsp3) is 0.267. The number of carbonyl (C=O) groups excluding carboxylic acids is 1. The Hall–Kier alpha value is -4.86. The molecule has 0 saturated carbocycles. The van der Waals surface area contributed by atoms with Gasteiger partial charge in [-0.1, -0.05) is 6.07 Å². The number of nitrogens with zero attached hydrogens (tertiary/aromatic N) is 1. The van der Waals surface area contributed by atoms with Crippen LogP contribution in [0.15, 0.2) is 54.7 Å². The first-order valence-corrected chi connectivity index (χ1v) is 12.3. The molecule has 210 valence electrons. The summed E-state index contributed by atoms with van der Waals surface area (Å²) in [6, 6.07) is 13.5. The molecule has 1 aromatic heterocycles. The van der Waals surface area contributed by atoms with Gasteiger partial charge in [-0.3, -0.25) is 9.78 Å². The number of hydrogen-bond donors (Lipinski definition) is 1. The molecule has 4 rings (SSSR count). The summed E-state index contributed by atoms with van der Waals surface area (Å²) >= 11 is 0. The lowest BCUT2D eigenvalue weighted by Gasteiger charge is -2.23. The van der Waals surface area contributed by atoms with Gasteiger partial charge >= 0.3 is 0 Å². The molecule has 0 saturated heterocycles. The van der Waals surface area contributed by atoms with Crippen molar-refractivity contribution in [2.24, 2.45) is 0 Å². The Morgan fingerprint density at radius 1 is 0.650 bits per heavy atom. The van der Waals surface area contributed by atoms with Crippen molar-refractivity contribution in [1.29, 1.82) is 0 Å². The Kier molecular flexibility index (Phi) is 8.68. The monoisotopic (exact) mass is 548 g/mol. The smallest absolute Gasteiger partial charge is 0.252 e. The second-order valence-corrected chi connectivity index (χ2v) is 8.56. The highest BCUT2D eigenvalue weighted by molar-refractivity contribution is 5.97. The summed E-state index contributed by atoms with van der Waals surface area (Å²) < 4.78 is 38.3. The van der Waals surface area contributed by atoms with E-state index < -0.39 is 11.9 Å². The molecule has 40 heavy (non-hydrogen) atoms. The number of aromatic nitrogens is 1. The van der Waals surface area contributed by atoms with E-state index >= 15 is 0 Å². The largest absolute Gasteiger partial charge is 0.493 e. The summed E-state index contributed by atoms with van der Waals surface area (Å²) in [6.07, 6.45) is 1.68. The Morgan fingerprint density at radius 3 is 1.80 bits per heavy atom. The van der Waals surface area contributed by atoms with E-state index in [9.17, 15) is 4.79 Å². The lowest BCUT2D eigenvalue weighted by molar-refractivity contribution is 0.0941. The van der Waals surface area contributed by atoms with E-state index in [-0.39, 0.29) is 0 Å². The highest BCUT2D eigenvalue weighted by atomic mass is 16.5. The third kappa shape index (κ3) is 5.33. The Labute approximate surface area is 232 Å². The second-order valence-electron chi connectivity index (χ2n) is 8.56. The Bertz CT molecular complexity index is 1500. The van der Waals surface area contributed by atoms with Gasteiger partial charge in [-0.2, -0.15) is 0 Å². The fourth-order valence-electron chi connectivity index (χ4n) is 4.52. The molecule has 0 aliphatic carbocycles. The maximum atomic E-state index is 13.8. The maximum absolute atomic E-state index is 13.8. The predicted octanol–water partition coefficient (Wildman–Crippen LogP) is 4.81. The van der Waals surface area contributed by atoms with Crippen LogP contribution in [0.1, 0.15) is 27.7 Å². The van der Waals surface area contributed by atoms with Gasteiger partial charge in [0.25, 0.3) is 5.91 Å². The number of ether oxygens (including phenoxy) is 7. The highest BCUT2D eigenvalue weighted by Gasteiger charge is 2.25. The summed E-state index contributed by atoms with van der Waals surface area (Å²) in [7, 11) is 10.8. The molecule has 4 aromatic rings. The van der Waals surface area contributed by atoms with E-state index in [0.717, 1.165) is 10.8 Å². The number of carbonyl (C=O) groups is 1. The minimum Gasteiger partial charge on any atom is -0.493 e. The molecule has 0 radical (unpaired) electrons. The molecule has 1 heterocycles. The third-order valence-electron chi connectivity index (χ3n) is 6.52. The zero-order chi connectivity index (χ0) is 28.8. The van der Waals surface area contributed by atoms with Crippen LogP contribution in [-0.4, -0.2) is 60.7 Å². The van der Waals surface area contributed by atoms with Crippen LogP contribution >= 0.6 is 0 Å². The number of nitrogens with one attached hydrogen (secondary N) is 1. The standard InChI is InChI=1S/C30H32N2O8/c1-34-21-9-8-18(13-22(21)35-2)27(28-20-16-24(37-4)23(36-3)12-17(20)10-11-31-28)32-30(33)19-14-25(38-5)29(40-7)26(15-19)39-6/h8-16,27H,1-7H3,(H,32,33). The minimum absolute atomic E-state index is 0.305. The number of hydrogen-bond acceptors (Lipinski definition) is 9. The first-order valence-electron chi connectivity index (χ1n) is 12.3. The normalized spacial score (nSPS) is 11.4. The van der Waals surface area contributed by atoms with Crippen molar-refractivity contribution >= 4 is 16.7 Å². The fourth-order valence-corrected chi connectivity index (χ4v) is 4.52. The average Bonchev–Trinajstić information content (AvgIpc) is 3.01. The van der Waals surface area contributed by atoms with Crippen molar-refractivity contribution in [2.45, 2.75) is 6.04 Å². The van der Waals surface area contributed by atoms with Gasteiger partial charge in [0.1, 0.15) is 0 Å².